The Balaban J connectivity index is 1.55. The topological polar surface area (TPSA) is 99.1 Å². The summed E-state index contributed by atoms with van der Waals surface area (Å²) in [5, 5.41) is 6.09. The van der Waals surface area contributed by atoms with Crippen molar-refractivity contribution in [3.05, 3.63) is 77.4 Å². The van der Waals surface area contributed by atoms with Gasteiger partial charge < -0.3 is 5.32 Å². The number of aromatic nitrogens is 6. The summed E-state index contributed by atoms with van der Waals surface area (Å²) in [4.78, 5) is 34.1. The summed E-state index contributed by atoms with van der Waals surface area (Å²) < 4.78 is 41.6. The first-order chi connectivity index (χ1) is 16.7. The lowest BCUT2D eigenvalue weighted by Gasteiger charge is -2.08. The average Bonchev–Trinajstić information content (AvgIpc) is 3.38. The van der Waals surface area contributed by atoms with Gasteiger partial charge >= 0.3 is 11.9 Å². The van der Waals surface area contributed by atoms with Gasteiger partial charge in [0.2, 0.25) is 5.91 Å². The van der Waals surface area contributed by atoms with Crippen molar-refractivity contribution in [2.75, 3.05) is 6.54 Å². The van der Waals surface area contributed by atoms with Gasteiger partial charge in [-0.15, -0.1) is 0 Å². The van der Waals surface area contributed by atoms with Crippen LogP contribution in [0.3, 0.4) is 0 Å². The van der Waals surface area contributed by atoms with E-state index in [-0.39, 0.29) is 0 Å². The zero-order valence-corrected chi connectivity index (χ0v) is 18.3. The number of para-hydroxylation sites is 1. The SMILES string of the molecule is Cc1cccc2c1n(-c1ccc(-c3cnn4ccncc34)cn1)c(=O)n2CC(=O)NCC(F)(F)F. The number of amides is 1. The van der Waals surface area contributed by atoms with E-state index < -0.39 is 30.9 Å². The molecule has 5 rings (SSSR count). The average molecular weight is 481 g/mol. The first kappa shape index (κ1) is 22.3. The molecule has 35 heavy (non-hydrogen) atoms. The summed E-state index contributed by atoms with van der Waals surface area (Å²) >= 11 is 0. The van der Waals surface area contributed by atoms with Crippen LogP contribution in [0.15, 0.2) is 66.1 Å². The third-order valence-electron chi connectivity index (χ3n) is 5.55. The fourth-order valence-electron chi connectivity index (χ4n) is 3.97. The van der Waals surface area contributed by atoms with Gasteiger partial charge in [0.15, 0.2) is 0 Å². The summed E-state index contributed by atoms with van der Waals surface area (Å²) in [7, 11) is 0. The van der Waals surface area contributed by atoms with Crippen LogP contribution in [-0.4, -0.2) is 47.3 Å². The molecule has 0 radical (unpaired) electrons. The summed E-state index contributed by atoms with van der Waals surface area (Å²) in [6, 6.07) is 8.60. The van der Waals surface area contributed by atoms with E-state index >= 15 is 0 Å². The second kappa shape index (κ2) is 8.38. The van der Waals surface area contributed by atoms with Crippen LogP contribution in [0, 0.1) is 6.92 Å². The monoisotopic (exact) mass is 481 g/mol. The number of alkyl halides is 3. The molecule has 4 heterocycles. The maximum atomic E-state index is 13.3. The van der Waals surface area contributed by atoms with E-state index in [1.807, 2.05) is 0 Å². The Morgan fingerprint density at radius 1 is 1.09 bits per heavy atom. The summed E-state index contributed by atoms with van der Waals surface area (Å²) in [6.07, 6.45) is 3.77. The molecule has 0 aliphatic heterocycles. The minimum atomic E-state index is -4.55. The third kappa shape index (κ3) is 4.14. The van der Waals surface area contributed by atoms with Crippen molar-refractivity contribution in [3.63, 3.8) is 0 Å². The van der Waals surface area contributed by atoms with Crippen molar-refractivity contribution in [2.24, 2.45) is 0 Å². The number of carbonyl (C=O) groups excluding carboxylic acids is 1. The van der Waals surface area contributed by atoms with Crippen LogP contribution < -0.4 is 11.0 Å². The number of aryl methyl sites for hydroxylation is 1. The van der Waals surface area contributed by atoms with Crippen LogP contribution in [0.2, 0.25) is 0 Å². The number of halogens is 3. The molecule has 0 saturated heterocycles. The van der Waals surface area contributed by atoms with Crippen molar-refractivity contribution in [1.82, 2.24) is 34.0 Å². The number of imidazole rings is 1. The first-order valence-corrected chi connectivity index (χ1v) is 10.5. The Morgan fingerprint density at radius 2 is 1.91 bits per heavy atom. The van der Waals surface area contributed by atoms with Crippen LogP contribution in [0.5, 0.6) is 0 Å². The van der Waals surface area contributed by atoms with Crippen LogP contribution >= 0.6 is 0 Å². The molecular weight excluding hydrogens is 463 g/mol. The van der Waals surface area contributed by atoms with Gasteiger partial charge in [-0.1, -0.05) is 12.1 Å². The normalized spacial score (nSPS) is 11.9. The molecule has 1 amide bonds. The molecule has 1 N–H and O–H groups in total. The van der Waals surface area contributed by atoms with Crippen molar-refractivity contribution < 1.29 is 18.0 Å². The molecule has 0 spiro atoms. The zero-order chi connectivity index (χ0) is 24.7. The lowest BCUT2D eigenvalue weighted by atomic mass is 10.1. The van der Waals surface area contributed by atoms with E-state index in [4.69, 9.17) is 0 Å². The highest BCUT2D eigenvalue weighted by molar-refractivity contribution is 5.84. The van der Waals surface area contributed by atoms with Crippen molar-refractivity contribution in [3.8, 4) is 16.9 Å². The van der Waals surface area contributed by atoms with E-state index in [1.54, 1.807) is 78.1 Å². The zero-order valence-electron chi connectivity index (χ0n) is 18.3. The lowest BCUT2D eigenvalue weighted by Crippen LogP contribution is -2.38. The smallest absolute Gasteiger partial charge is 0.345 e. The van der Waals surface area contributed by atoms with E-state index in [1.165, 1.54) is 4.57 Å². The Labute approximate surface area is 195 Å². The van der Waals surface area contributed by atoms with Gasteiger partial charge in [0.25, 0.3) is 0 Å². The second-order valence-electron chi connectivity index (χ2n) is 7.91. The van der Waals surface area contributed by atoms with Gasteiger partial charge in [0.1, 0.15) is 18.9 Å². The number of pyridine rings is 1. The Kier molecular flexibility index (Phi) is 5.35. The number of carbonyl (C=O) groups is 1. The Hall–Kier alpha value is -4.48. The quantitative estimate of drug-likeness (QED) is 0.416. The van der Waals surface area contributed by atoms with Crippen LogP contribution in [0.4, 0.5) is 13.2 Å². The summed E-state index contributed by atoms with van der Waals surface area (Å²) in [6.45, 7) is -0.234. The van der Waals surface area contributed by atoms with Gasteiger partial charge in [0.05, 0.1) is 28.9 Å². The van der Waals surface area contributed by atoms with Crippen LogP contribution in [-0.2, 0) is 11.3 Å². The molecule has 12 heteroatoms. The molecule has 4 aromatic heterocycles. The van der Waals surface area contributed by atoms with E-state index in [9.17, 15) is 22.8 Å². The van der Waals surface area contributed by atoms with E-state index in [2.05, 4.69) is 15.1 Å². The molecule has 5 aromatic rings. The van der Waals surface area contributed by atoms with Crippen LogP contribution in [0.25, 0.3) is 33.5 Å². The van der Waals surface area contributed by atoms with Gasteiger partial charge in [0, 0.05) is 29.7 Å². The second-order valence-corrected chi connectivity index (χ2v) is 7.91. The minimum absolute atomic E-state index is 0.307. The fourth-order valence-corrected chi connectivity index (χ4v) is 3.97. The predicted molar refractivity (Wildman–Crippen MR) is 121 cm³/mol. The summed E-state index contributed by atoms with van der Waals surface area (Å²) in [5.41, 5.74) is 3.45. The third-order valence-corrected chi connectivity index (χ3v) is 5.55. The number of hydrogen-bond donors (Lipinski definition) is 1. The number of hydrogen-bond acceptors (Lipinski definition) is 5. The van der Waals surface area contributed by atoms with E-state index in [0.29, 0.717) is 16.9 Å². The highest BCUT2D eigenvalue weighted by atomic mass is 19.4. The number of fused-ring (bicyclic) bond motifs is 2. The predicted octanol–water partition coefficient (Wildman–Crippen LogP) is 2.88. The molecule has 0 bridgehead atoms. The molecule has 0 aliphatic rings. The molecule has 0 saturated carbocycles. The number of nitrogens with zero attached hydrogens (tertiary/aromatic N) is 6. The van der Waals surface area contributed by atoms with Crippen molar-refractivity contribution in [1.29, 1.82) is 0 Å². The molecular formula is C23H18F3N7O2. The number of nitrogens with one attached hydrogen (secondary N) is 1. The molecule has 9 nitrogen and oxygen atoms in total. The molecule has 0 atom stereocenters. The van der Waals surface area contributed by atoms with Crippen molar-refractivity contribution >= 4 is 22.5 Å². The highest BCUT2D eigenvalue weighted by Gasteiger charge is 2.28. The maximum Gasteiger partial charge on any atom is 0.405 e. The molecule has 0 fully saturated rings. The van der Waals surface area contributed by atoms with Gasteiger partial charge in [-0.05, 0) is 30.7 Å². The van der Waals surface area contributed by atoms with Gasteiger partial charge in [-0.3, -0.25) is 14.3 Å². The number of rotatable bonds is 5. The maximum absolute atomic E-state index is 13.3. The lowest BCUT2D eigenvalue weighted by molar-refractivity contribution is -0.138. The van der Waals surface area contributed by atoms with Crippen molar-refractivity contribution in [2.45, 2.75) is 19.6 Å². The molecule has 178 valence electrons. The minimum Gasteiger partial charge on any atom is -0.345 e. The molecule has 1 aromatic carbocycles. The summed E-state index contributed by atoms with van der Waals surface area (Å²) in [5.74, 6) is -0.614. The van der Waals surface area contributed by atoms with Gasteiger partial charge in [-0.2, -0.15) is 18.3 Å². The fraction of sp³-hybridized carbons (Fsp3) is 0.174. The van der Waals surface area contributed by atoms with Gasteiger partial charge in [-0.25, -0.2) is 18.9 Å². The Morgan fingerprint density at radius 3 is 2.66 bits per heavy atom. The largest absolute Gasteiger partial charge is 0.405 e. The van der Waals surface area contributed by atoms with Crippen LogP contribution in [0.1, 0.15) is 5.56 Å². The first-order valence-electron chi connectivity index (χ1n) is 10.5. The standard InChI is InChI=1S/C23H18F3N7O2/c1-14-3-2-4-17-21(14)33(22(35)31(17)12-20(34)29-13-23(24,25)26)19-6-5-15(9-28-19)16-10-30-32-8-7-27-11-18(16)32/h2-11H,12-13H2,1H3,(H,29,34). The molecule has 0 aliphatic carbocycles. The number of benzene rings is 1. The van der Waals surface area contributed by atoms with E-state index in [0.717, 1.165) is 26.8 Å². The Bertz CT molecular complexity index is 1610. The highest BCUT2D eigenvalue weighted by Crippen LogP contribution is 2.25. The molecule has 0 unspecified atom stereocenters.